The number of carboxylic acid groups (broad SMARTS) is 1. The Balaban J connectivity index is 1.48. The lowest BCUT2D eigenvalue weighted by Gasteiger charge is -2.39. The molecule has 41 heavy (non-hydrogen) atoms. The monoisotopic (exact) mass is 586 g/mol. The molecule has 0 radical (unpaired) electrons. The van der Waals surface area contributed by atoms with Gasteiger partial charge in [-0.2, -0.15) is 0 Å². The molecular formula is C32H46N2O6S. The molecule has 0 aliphatic heterocycles. The van der Waals surface area contributed by atoms with Gasteiger partial charge in [0, 0.05) is 13.0 Å². The zero-order valence-electron chi connectivity index (χ0n) is 25.3. The van der Waals surface area contributed by atoms with Gasteiger partial charge in [0.1, 0.15) is 5.75 Å². The van der Waals surface area contributed by atoms with Gasteiger partial charge >= 0.3 is 6.09 Å². The van der Waals surface area contributed by atoms with Gasteiger partial charge in [-0.05, 0) is 89.8 Å². The van der Waals surface area contributed by atoms with Gasteiger partial charge < -0.3 is 14.7 Å². The van der Waals surface area contributed by atoms with E-state index in [1.54, 1.807) is 0 Å². The third-order valence-corrected chi connectivity index (χ3v) is 10.4. The van der Waals surface area contributed by atoms with Crippen LogP contribution in [-0.4, -0.2) is 48.3 Å². The zero-order chi connectivity index (χ0) is 30.2. The topological polar surface area (TPSA) is 113 Å². The molecule has 2 aromatic carbocycles. The van der Waals surface area contributed by atoms with Gasteiger partial charge in [-0.15, -0.1) is 0 Å². The number of rotatable bonds is 9. The van der Waals surface area contributed by atoms with E-state index in [1.807, 2.05) is 57.2 Å². The number of amides is 2. The highest BCUT2D eigenvalue weighted by atomic mass is 32.2. The minimum Gasteiger partial charge on any atom is -0.490 e. The van der Waals surface area contributed by atoms with Crippen LogP contribution in [0.4, 0.5) is 4.79 Å². The second kappa shape index (κ2) is 11.8. The molecule has 0 aromatic heterocycles. The molecule has 2 aromatic rings. The van der Waals surface area contributed by atoms with Gasteiger partial charge in [0.05, 0.1) is 17.4 Å². The Morgan fingerprint density at radius 1 is 0.951 bits per heavy atom. The number of carbonyl (C=O) groups is 2. The molecule has 2 aliphatic carbocycles. The quantitative estimate of drug-likeness (QED) is 0.331. The van der Waals surface area contributed by atoms with Gasteiger partial charge in [-0.25, -0.2) is 13.2 Å². The molecule has 0 bridgehead atoms. The SMILES string of the molecule is CC(C)(C)C(c1ccc2cc(O[C@H]3CC[C@H](C(C)(C)C)CC3)ccc2c1)N(CCC(=O)NS(=O)(=O)C1CC1)C(=O)O. The van der Waals surface area contributed by atoms with Crippen LogP contribution in [0.3, 0.4) is 0 Å². The number of nitrogens with zero attached hydrogens (tertiary/aromatic N) is 1. The lowest BCUT2D eigenvalue weighted by atomic mass is 9.72. The Kier molecular flexibility index (Phi) is 8.98. The average molecular weight is 587 g/mol. The van der Waals surface area contributed by atoms with Crippen LogP contribution in [0.15, 0.2) is 36.4 Å². The molecule has 2 fully saturated rings. The molecule has 0 spiro atoms. The maximum absolute atomic E-state index is 12.4. The fourth-order valence-corrected chi connectivity index (χ4v) is 7.44. The first-order chi connectivity index (χ1) is 19.0. The predicted octanol–water partition coefficient (Wildman–Crippen LogP) is 6.89. The molecule has 226 valence electrons. The second-order valence-electron chi connectivity index (χ2n) is 14.0. The summed E-state index contributed by atoms with van der Waals surface area (Å²) in [6, 6.07) is 11.4. The summed E-state index contributed by atoms with van der Waals surface area (Å²) in [6.45, 7) is 12.7. The van der Waals surface area contributed by atoms with E-state index in [1.165, 1.54) is 17.7 Å². The lowest BCUT2D eigenvalue weighted by molar-refractivity contribution is -0.119. The molecule has 0 heterocycles. The van der Waals surface area contributed by atoms with Crippen molar-refractivity contribution >= 4 is 32.8 Å². The number of benzene rings is 2. The standard InChI is InChI=1S/C32H46N2O6S/c1-31(2,3)24-10-13-25(14-11-24)40-26-12-9-21-19-23(8-7-22(21)20-26)29(32(4,5)6)34(30(36)37)18-17-28(35)33-41(38,39)27-15-16-27/h7-9,12,19-20,24-25,27,29H,10-11,13-18H2,1-6H3,(H,33,35)(H,36,37)/t24-,25-,29?. The van der Waals surface area contributed by atoms with Crippen LogP contribution >= 0.6 is 0 Å². The fraction of sp³-hybridized carbons (Fsp3) is 0.625. The van der Waals surface area contributed by atoms with Crippen LogP contribution in [0.1, 0.15) is 98.1 Å². The summed E-state index contributed by atoms with van der Waals surface area (Å²) in [6.07, 6.45) is 4.38. The summed E-state index contributed by atoms with van der Waals surface area (Å²) in [4.78, 5) is 26.1. The van der Waals surface area contributed by atoms with Crippen molar-refractivity contribution in [2.75, 3.05) is 6.54 Å². The summed E-state index contributed by atoms with van der Waals surface area (Å²) in [7, 11) is -3.68. The van der Waals surface area contributed by atoms with Crippen molar-refractivity contribution in [2.24, 2.45) is 16.7 Å². The van der Waals surface area contributed by atoms with Crippen LogP contribution < -0.4 is 9.46 Å². The second-order valence-corrected chi connectivity index (χ2v) is 16.0. The largest absolute Gasteiger partial charge is 0.490 e. The summed E-state index contributed by atoms with van der Waals surface area (Å²) in [5, 5.41) is 11.6. The molecule has 9 heteroatoms. The molecule has 2 amide bonds. The number of fused-ring (bicyclic) bond motifs is 1. The zero-order valence-corrected chi connectivity index (χ0v) is 26.1. The van der Waals surface area contributed by atoms with E-state index in [2.05, 4.69) is 25.5 Å². The Labute approximate surface area is 244 Å². The van der Waals surface area contributed by atoms with Crippen molar-refractivity contribution in [2.45, 2.75) is 104 Å². The van der Waals surface area contributed by atoms with Crippen molar-refractivity contribution in [1.82, 2.24) is 9.62 Å². The molecule has 0 saturated heterocycles. The van der Waals surface area contributed by atoms with E-state index >= 15 is 0 Å². The van der Waals surface area contributed by atoms with Crippen molar-refractivity contribution in [3.8, 4) is 5.75 Å². The lowest BCUT2D eigenvalue weighted by Crippen LogP contribution is -2.43. The van der Waals surface area contributed by atoms with Gasteiger partial charge in [0.2, 0.25) is 15.9 Å². The minimum absolute atomic E-state index is 0.119. The van der Waals surface area contributed by atoms with E-state index in [0.29, 0.717) is 18.3 Å². The summed E-state index contributed by atoms with van der Waals surface area (Å²) in [5.74, 6) is 0.883. The first-order valence-electron chi connectivity index (χ1n) is 14.8. The molecule has 2 saturated carbocycles. The smallest absolute Gasteiger partial charge is 0.407 e. The highest BCUT2D eigenvalue weighted by Crippen LogP contribution is 2.41. The number of carbonyl (C=O) groups excluding carboxylic acids is 1. The predicted molar refractivity (Wildman–Crippen MR) is 161 cm³/mol. The van der Waals surface area contributed by atoms with E-state index < -0.39 is 38.7 Å². The Hall–Kier alpha value is -2.81. The number of nitrogens with one attached hydrogen (secondary N) is 1. The van der Waals surface area contributed by atoms with Gasteiger partial charge in [0.25, 0.3) is 0 Å². The molecule has 1 atom stereocenters. The van der Waals surface area contributed by atoms with Crippen molar-refractivity contribution in [3.63, 3.8) is 0 Å². The van der Waals surface area contributed by atoms with Crippen LogP contribution in [0.2, 0.25) is 0 Å². The number of sulfonamides is 1. The Bertz CT molecular complexity index is 1360. The normalized spacial score (nSPS) is 20.8. The number of ether oxygens (including phenoxy) is 1. The van der Waals surface area contributed by atoms with Crippen LogP contribution in [-0.2, 0) is 14.8 Å². The van der Waals surface area contributed by atoms with Gasteiger partial charge in [-0.3, -0.25) is 9.52 Å². The van der Waals surface area contributed by atoms with Gasteiger partial charge in [0.15, 0.2) is 0 Å². The minimum atomic E-state index is -3.68. The first kappa shape index (κ1) is 31.1. The molecule has 8 nitrogen and oxygen atoms in total. The van der Waals surface area contributed by atoms with Crippen molar-refractivity contribution in [3.05, 3.63) is 42.0 Å². The summed E-state index contributed by atoms with van der Waals surface area (Å²) in [5.41, 5.74) is 0.653. The van der Waals surface area contributed by atoms with Crippen LogP contribution in [0.5, 0.6) is 5.75 Å². The maximum Gasteiger partial charge on any atom is 0.407 e. The summed E-state index contributed by atoms with van der Waals surface area (Å²) < 4.78 is 32.7. The average Bonchev–Trinajstić information content (AvgIpc) is 3.71. The summed E-state index contributed by atoms with van der Waals surface area (Å²) >= 11 is 0. The third-order valence-electron chi connectivity index (χ3n) is 8.53. The van der Waals surface area contributed by atoms with E-state index in [-0.39, 0.29) is 19.1 Å². The van der Waals surface area contributed by atoms with Crippen molar-refractivity contribution in [1.29, 1.82) is 0 Å². The van der Waals surface area contributed by atoms with Crippen LogP contribution in [0, 0.1) is 16.7 Å². The molecular weight excluding hydrogens is 540 g/mol. The highest BCUT2D eigenvalue weighted by molar-refractivity contribution is 7.90. The van der Waals surface area contributed by atoms with Crippen LogP contribution in [0.25, 0.3) is 10.8 Å². The van der Waals surface area contributed by atoms with E-state index in [0.717, 1.165) is 40.8 Å². The van der Waals surface area contributed by atoms with Crippen molar-refractivity contribution < 1.29 is 27.9 Å². The molecule has 2 N–H and O–H groups in total. The van der Waals surface area contributed by atoms with Gasteiger partial charge in [-0.1, -0.05) is 59.7 Å². The third kappa shape index (κ3) is 7.93. The number of hydrogen-bond acceptors (Lipinski definition) is 5. The molecule has 4 rings (SSSR count). The first-order valence-corrected chi connectivity index (χ1v) is 16.3. The number of hydrogen-bond donors (Lipinski definition) is 2. The molecule has 1 unspecified atom stereocenters. The Morgan fingerprint density at radius 3 is 2.12 bits per heavy atom. The van der Waals surface area contributed by atoms with E-state index in [4.69, 9.17) is 4.74 Å². The highest BCUT2D eigenvalue weighted by Gasteiger charge is 2.38. The molecule has 2 aliphatic rings. The maximum atomic E-state index is 12.4. The van der Waals surface area contributed by atoms with E-state index in [9.17, 15) is 23.1 Å². The fourth-order valence-electron chi connectivity index (χ4n) is 6.10. The Morgan fingerprint density at radius 2 is 1.56 bits per heavy atom.